The molecule has 0 bridgehead atoms. The van der Waals surface area contributed by atoms with Crippen LogP contribution < -0.4 is 10.6 Å². The van der Waals surface area contributed by atoms with Gasteiger partial charge >= 0.3 is 0 Å². The highest BCUT2D eigenvalue weighted by molar-refractivity contribution is 7.13. The lowest BCUT2D eigenvalue weighted by atomic mass is 10.1. The van der Waals surface area contributed by atoms with E-state index in [1.165, 1.54) is 0 Å². The van der Waals surface area contributed by atoms with Crippen molar-refractivity contribution in [3.63, 3.8) is 0 Å². The molecule has 1 spiro atoms. The summed E-state index contributed by atoms with van der Waals surface area (Å²) in [5, 5.41) is 3.08. The molecule has 25 heavy (non-hydrogen) atoms. The summed E-state index contributed by atoms with van der Waals surface area (Å²) >= 11 is 1.67. The highest BCUT2D eigenvalue weighted by Crippen LogP contribution is 2.33. The fraction of sp³-hybridized carbons (Fsp3) is 0.750. The summed E-state index contributed by atoms with van der Waals surface area (Å²) in [6.07, 6.45) is 3.41. The number of nitrogens with zero attached hydrogens (tertiary/aromatic N) is 4. The molecule has 0 radical (unpaired) electrons. The van der Waals surface area contributed by atoms with Gasteiger partial charge in [-0.1, -0.05) is 0 Å². The van der Waals surface area contributed by atoms with E-state index in [2.05, 4.69) is 19.8 Å². The Morgan fingerprint density at radius 3 is 2.84 bits per heavy atom. The monoisotopic (exact) mass is 367 g/mol. The van der Waals surface area contributed by atoms with Crippen LogP contribution in [0.2, 0.25) is 0 Å². The van der Waals surface area contributed by atoms with Gasteiger partial charge in [-0.25, -0.2) is 4.98 Å². The lowest BCUT2D eigenvalue weighted by Crippen LogP contribution is -2.51. The number of ether oxygens (including phenoxy) is 3. The molecule has 0 amide bonds. The maximum absolute atomic E-state index is 6.19. The minimum absolute atomic E-state index is 0.0201. The largest absolute Gasteiger partial charge is 0.381 e. The zero-order valence-corrected chi connectivity index (χ0v) is 15.1. The molecule has 1 unspecified atom stereocenters. The normalized spacial score (nSPS) is 27.2. The standard InChI is InChI=1S/C16H25N5O3S/c17-14(20-4-6-21(7-5-20)15-18-3-10-25-15)19-11-13-12-23-16(24-13)1-8-22-9-2-16/h3,10,13H,1-2,4-9,11-12H2,(H2,17,19). The molecule has 138 valence electrons. The van der Waals surface area contributed by atoms with Crippen LogP contribution in [0.1, 0.15) is 12.8 Å². The van der Waals surface area contributed by atoms with E-state index in [9.17, 15) is 0 Å². The number of rotatable bonds is 3. The quantitative estimate of drug-likeness (QED) is 0.615. The van der Waals surface area contributed by atoms with E-state index in [-0.39, 0.29) is 6.10 Å². The minimum Gasteiger partial charge on any atom is -0.381 e. The van der Waals surface area contributed by atoms with Crippen molar-refractivity contribution in [2.24, 2.45) is 10.7 Å². The van der Waals surface area contributed by atoms with Gasteiger partial charge in [0.15, 0.2) is 16.9 Å². The lowest BCUT2D eigenvalue weighted by Gasteiger charge is -2.35. The first-order valence-corrected chi connectivity index (χ1v) is 9.71. The van der Waals surface area contributed by atoms with E-state index in [0.29, 0.717) is 32.3 Å². The van der Waals surface area contributed by atoms with Gasteiger partial charge in [0.25, 0.3) is 0 Å². The van der Waals surface area contributed by atoms with Gasteiger partial charge in [0.1, 0.15) is 6.10 Å². The number of guanidine groups is 1. The first-order valence-electron chi connectivity index (χ1n) is 8.83. The van der Waals surface area contributed by atoms with Gasteiger partial charge < -0.3 is 29.7 Å². The summed E-state index contributed by atoms with van der Waals surface area (Å²) in [6, 6.07) is 0. The molecule has 4 heterocycles. The van der Waals surface area contributed by atoms with Crippen molar-refractivity contribution in [3.8, 4) is 0 Å². The summed E-state index contributed by atoms with van der Waals surface area (Å²) in [7, 11) is 0. The maximum atomic E-state index is 6.19. The number of nitrogens with two attached hydrogens (primary N) is 1. The Balaban J connectivity index is 1.25. The first-order chi connectivity index (χ1) is 12.2. The molecule has 0 aromatic carbocycles. The molecule has 9 heteroatoms. The second-order valence-electron chi connectivity index (χ2n) is 6.56. The summed E-state index contributed by atoms with van der Waals surface area (Å²) in [5.41, 5.74) is 6.19. The van der Waals surface area contributed by atoms with Gasteiger partial charge in [0.05, 0.1) is 26.4 Å². The fourth-order valence-electron chi connectivity index (χ4n) is 3.45. The SMILES string of the molecule is NC(=NCC1COC2(CCOCC2)O1)N1CCN(c2nccs2)CC1. The third kappa shape index (κ3) is 3.89. The van der Waals surface area contributed by atoms with Crippen LogP contribution in [-0.2, 0) is 14.2 Å². The Kier molecular flexibility index (Phi) is 5.07. The number of piperazine rings is 1. The molecule has 1 atom stereocenters. The summed E-state index contributed by atoms with van der Waals surface area (Å²) in [4.78, 5) is 13.3. The van der Waals surface area contributed by atoms with Gasteiger partial charge in [0, 0.05) is 50.6 Å². The first kappa shape index (κ1) is 17.0. The molecule has 1 aromatic rings. The highest BCUT2D eigenvalue weighted by atomic mass is 32.1. The average molecular weight is 367 g/mol. The third-order valence-electron chi connectivity index (χ3n) is 4.92. The van der Waals surface area contributed by atoms with Gasteiger partial charge in [-0.15, -0.1) is 11.3 Å². The minimum atomic E-state index is -0.452. The van der Waals surface area contributed by atoms with Crippen LogP contribution in [0, 0.1) is 0 Å². The number of aliphatic imine (C=N–C) groups is 1. The fourth-order valence-corrected chi connectivity index (χ4v) is 4.14. The molecule has 0 aliphatic carbocycles. The van der Waals surface area contributed by atoms with Crippen LogP contribution in [0.25, 0.3) is 0 Å². The van der Waals surface area contributed by atoms with Gasteiger partial charge in [-0.2, -0.15) is 0 Å². The Hall–Kier alpha value is -1.42. The number of hydrogen-bond donors (Lipinski definition) is 1. The predicted octanol–water partition coefficient (Wildman–Crippen LogP) is 0.502. The van der Waals surface area contributed by atoms with Crippen molar-refractivity contribution in [1.29, 1.82) is 0 Å². The lowest BCUT2D eigenvalue weighted by molar-refractivity contribution is -0.210. The van der Waals surface area contributed by atoms with Crippen LogP contribution in [0.4, 0.5) is 5.13 Å². The second-order valence-corrected chi connectivity index (χ2v) is 7.43. The Bertz CT molecular complexity index is 583. The van der Waals surface area contributed by atoms with Crippen molar-refractivity contribution >= 4 is 22.4 Å². The molecule has 1 aromatic heterocycles. The molecule has 2 N–H and O–H groups in total. The molecule has 3 saturated heterocycles. The van der Waals surface area contributed by atoms with E-state index < -0.39 is 5.79 Å². The summed E-state index contributed by atoms with van der Waals surface area (Å²) in [5.74, 6) is 0.141. The number of hydrogen-bond acceptors (Lipinski definition) is 7. The van der Waals surface area contributed by atoms with Crippen LogP contribution >= 0.6 is 11.3 Å². The van der Waals surface area contributed by atoms with Gasteiger partial charge in [-0.3, -0.25) is 4.99 Å². The van der Waals surface area contributed by atoms with Crippen molar-refractivity contribution in [2.45, 2.75) is 24.7 Å². The molecule has 4 rings (SSSR count). The second kappa shape index (κ2) is 7.45. The van der Waals surface area contributed by atoms with Crippen LogP contribution in [0.15, 0.2) is 16.6 Å². The molecular weight excluding hydrogens is 342 g/mol. The average Bonchev–Trinajstić information content (AvgIpc) is 3.31. The van der Waals surface area contributed by atoms with E-state index >= 15 is 0 Å². The van der Waals surface area contributed by atoms with Crippen LogP contribution in [0.3, 0.4) is 0 Å². The highest BCUT2D eigenvalue weighted by Gasteiger charge is 2.42. The van der Waals surface area contributed by atoms with E-state index in [1.54, 1.807) is 11.3 Å². The van der Waals surface area contributed by atoms with Gasteiger partial charge in [-0.05, 0) is 0 Å². The zero-order chi connectivity index (χ0) is 17.1. The molecule has 8 nitrogen and oxygen atoms in total. The topological polar surface area (TPSA) is 85.4 Å². The van der Waals surface area contributed by atoms with Crippen molar-refractivity contribution in [1.82, 2.24) is 9.88 Å². The Morgan fingerprint density at radius 1 is 1.32 bits per heavy atom. The van der Waals surface area contributed by atoms with Crippen LogP contribution in [0.5, 0.6) is 0 Å². The summed E-state index contributed by atoms with van der Waals surface area (Å²) < 4.78 is 17.4. The third-order valence-corrected chi connectivity index (χ3v) is 5.75. The maximum Gasteiger partial charge on any atom is 0.191 e. The number of anilines is 1. The van der Waals surface area contributed by atoms with E-state index in [1.807, 2.05) is 11.6 Å². The van der Waals surface area contributed by atoms with E-state index in [4.69, 9.17) is 19.9 Å². The number of thiazole rings is 1. The molecular formula is C16H25N5O3S. The summed E-state index contributed by atoms with van der Waals surface area (Å²) in [6.45, 7) is 6.06. The Labute approximate surface area is 151 Å². The molecule has 0 saturated carbocycles. The molecule has 3 aliphatic heterocycles. The van der Waals surface area contributed by atoms with Crippen LogP contribution in [-0.4, -0.2) is 80.3 Å². The molecule has 3 fully saturated rings. The number of aromatic nitrogens is 1. The van der Waals surface area contributed by atoms with Gasteiger partial charge in [0.2, 0.25) is 0 Å². The van der Waals surface area contributed by atoms with Crippen molar-refractivity contribution in [2.75, 3.05) is 57.4 Å². The van der Waals surface area contributed by atoms with E-state index in [0.717, 1.165) is 44.2 Å². The molecule has 3 aliphatic rings. The Morgan fingerprint density at radius 2 is 2.12 bits per heavy atom. The smallest absolute Gasteiger partial charge is 0.191 e. The predicted molar refractivity (Wildman–Crippen MR) is 96.0 cm³/mol. The van der Waals surface area contributed by atoms with Crippen molar-refractivity contribution in [3.05, 3.63) is 11.6 Å². The van der Waals surface area contributed by atoms with Crippen molar-refractivity contribution < 1.29 is 14.2 Å². The zero-order valence-electron chi connectivity index (χ0n) is 14.3.